The summed E-state index contributed by atoms with van der Waals surface area (Å²) in [7, 11) is 0. The number of Topliss-reactive ketones (excluding diaryl/α,β-unsaturated/α-hetero) is 1. The van der Waals surface area contributed by atoms with E-state index in [-0.39, 0.29) is 11.7 Å². The molecule has 24 heavy (non-hydrogen) atoms. The Morgan fingerprint density at radius 1 is 0.708 bits per heavy atom. The van der Waals surface area contributed by atoms with E-state index >= 15 is 0 Å². The highest BCUT2D eigenvalue weighted by Gasteiger charge is 2.11. The van der Waals surface area contributed by atoms with Crippen LogP contribution in [0.2, 0.25) is 0 Å². The summed E-state index contributed by atoms with van der Waals surface area (Å²) in [4.78, 5) is 24.7. The molecule has 1 N–H and O–H groups in total. The van der Waals surface area contributed by atoms with Crippen LogP contribution in [-0.4, -0.2) is 11.7 Å². The van der Waals surface area contributed by atoms with Gasteiger partial charge in [-0.05, 0) is 29.8 Å². The summed E-state index contributed by atoms with van der Waals surface area (Å²) < 4.78 is 0. The first-order valence-electron chi connectivity index (χ1n) is 7.76. The smallest absolute Gasteiger partial charge is 0.255 e. The van der Waals surface area contributed by atoms with Crippen LogP contribution in [0.4, 0.5) is 5.69 Å². The second kappa shape index (κ2) is 7.38. The standard InChI is InChI=1S/C21H17NO2/c23-20(14-16-8-3-1-4-9-16)17-10-7-11-18(15-17)21(24)22-19-12-5-2-6-13-19/h1-13,15H,14H2,(H,22,24). The Morgan fingerprint density at radius 2 is 1.33 bits per heavy atom. The zero-order valence-electron chi connectivity index (χ0n) is 13.1. The first kappa shape index (κ1) is 15.7. The number of amides is 1. The average Bonchev–Trinajstić information content (AvgIpc) is 2.63. The zero-order valence-corrected chi connectivity index (χ0v) is 13.1. The van der Waals surface area contributed by atoms with Crippen LogP contribution in [0, 0.1) is 0 Å². The van der Waals surface area contributed by atoms with Crippen molar-refractivity contribution in [2.45, 2.75) is 6.42 Å². The first-order valence-corrected chi connectivity index (χ1v) is 7.76. The summed E-state index contributed by atoms with van der Waals surface area (Å²) in [5.41, 5.74) is 2.70. The van der Waals surface area contributed by atoms with E-state index in [1.807, 2.05) is 60.7 Å². The lowest BCUT2D eigenvalue weighted by molar-refractivity contribution is 0.0993. The summed E-state index contributed by atoms with van der Waals surface area (Å²) in [5.74, 6) is -0.230. The summed E-state index contributed by atoms with van der Waals surface area (Å²) in [6.07, 6.45) is 0.324. The molecule has 0 unspecified atom stereocenters. The Bertz CT molecular complexity index is 773. The van der Waals surface area contributed by atoms with Crippen molar-refractivity contribution in [2.75, 3.05) is 5.32 Å². The molecule has 0 aliphatic heterocycles. The lowest BCUT2D eigenvalue weighted by Crippen LogP contribution is -2.13. The van der Waals surface area contributed by atoms with Gasteiger partial charge in [-0.25, -0.2) is 0 Å². The maximum atomic E-state index is 12.4. The van der Waals surface area contributed by atoms with Gasteiger partial charge in [0.1, 0.15) is 0 Å². The number of carbonyl (C=O) groups is 2. The minimum absolute atomic E-state index is 0.00411. The molecule has 0 spiro atoms. The lowest BCUT2D eigenvalue weighted by atomic mass is 10.0. The molecule has 0 saturated carbocycles. The van der Waals surface area contributed by atoms with Gasteiger partial charge in [0.05, 0.1) is 0 Å². The van der Waals surface area contributed by atoms with Crippen molar-refractivity contribution in [3.05, 3.63) is 102 Å². The average molecular weight is 315 g/mol. The van der Waals surface area contributed by atoms with Crippen LogP contribution in [0.1, 0.15) is 26.3 Å². The fourth-order valence-electron chi connectivity index (χ4n) is 2.44. The second-order valence-corrected chi connectivity index (χ2v) is 5.49. The Morgan fingerprint density at radius 3 is 2.04 bits per heavy atom. The van der Waals surface area contributed by atoms with Gasteiger partial charge in [-0.3, -0.25) is 9.59 Å². The van der Waals surface area contributed by atoms with Crippen molar-refractivity contribution < 1.29 is 9.59 Å². The number of hydrogen-bond donors (Lipinski definition) is 1. The highest BCUT2D eigenvalue weighted by molar-refractivity contribution is 6.06. The van der Waals surface area contributed by atoms with E-state index < -0.39 is 0 Å². The Labute approximate surface area is 141 Å². The summed E-state index contributed by atoms with van der Waals surface area (Å²) >= 11 is 0. The molecular formula is C21H17NO2. The Kier molecular flexibility index (Phi) is 4.82. The molecule has 0 aromatic heterocycles. The van der Waals surface area contributed by atoms with E-state index in [0.29, 0.717) is 17.5 Å². The van der Waals surface area contributed by atoms with Gasteiger partial charge < -0.3 is 5.32 Å². The first-order chi connectivity index (χ1) is 11.7. The van der Waals surface area contributed by atoms with Gasteiger partial charge in [0, 0.05) is 23.2 Å². The highest BCUT2D eigenvalue weighted by Crippen LogP contribution is 2.13. The fraction of sp³-hybridized carbons (Fsp3) is 0.0476. The van der Waals surface area contributed by atoms with Crippen LogP contribution in [0.5, 0.6) is 0 Å². The predicted octanol–water partition coefficient (Wildman–Crippen LogP) is 4.36. The molecule has 3 rings (SSSR count). The third-order valence-electron chi connectivity index (χ3n) is 3.69. The molecule has 0 aliphatic rings. The van der Waals surface area contributed by atoms with Crippen molar-refractivity contribution in [2.24, 2.45) is 0 Å². The van der Waals surface area contributed by atoms with E-state index in [1.165, 1.54) is 0 Å². The van der Waals surface area contributed by atoms with E-state index in [2.05, 4.69) is 5.32 Å². The van der Waals surface area contributed by atoms with Gasteiger partial charge in [-0.2, -0.15) is 0 Å². The highest BCUT2D eigenvalue weighted by atomic mass is 16.1. The molecular weight excluding hydrogens is 298 g/mol. The van der Waals surface area contributed by atoms with Gasteiger partial charge in [0.2, 0.25) is 0 Å². The minimum atomic E-state index is -0.226. The quantitative estimate of drug-likeness (QED) is 0.711. The second-order valence-electron chi connectivity index (χ2n) is 5.49. The van der Waals surface area contributed by atoms with Crippen LogP contribution >= 0.6 is 0 Å². The molecule has 118 valence electrons. The van der Waals surface area contributed by atoms with Crippen LogP contribution in [0.25, 0.3) is 0 Å². The van der Waals surface area contributed by atoms with Crippen molar-refractivity contribution in [1.29, 1.82) is 0 Å². The maximum absolute atomic E-state index is 12.4. The molecule has 0 aliphatic carbocycles. The summed E-state index contributed by atoms with van der Waals surface area (Å²) in [6, 6.07) is 25.6. The molecule has 1 amide bonds. The fourth-order valence-corrected chi connectivity index (χ4v) is 2.44. The Balaban J connectivity index is 1.74. The summed E-state index contributed by atoms with van der Waals surface area (Å²) in [5, 5.41) is 2.82. The van der Waals surface area contributed by atoms with Gasteiger partial charge >= 0.3 is 0 Å². The van der Waals surface area contributed by atoms with Gasteiger partial charge in [0.15, 0.2) is 5.78 Å². The van der Waals surface area contributed by atoms with Crippen LogP contribution < -0.4 is 5.32 Å². The predicted molar refractivity (Wildman–Crippen MR) is 95.3 cm³/mol. The van der Waals surface area contributed by atoms with Crippen molar-refractivity contribution in [1.82, 2.24) is 0 Å². The molecule has 0 bridgehead atoms. The Hall–Kier alpha value is -3.20. The normalized spacial score (nSPS) is 10.2. The molecule has 3 nitrogen and oxygen atoms in total. The molecule has 0 fully saturated rings. The van der Waals surface area contributed by atoms with Crippen LogP contribution in [-0.2, 0) is 6.42 Å². The van der Waals surface area contributed by atoms with Crippen molar-refractivity contribution in [3.63, 3.8) is 0 Å². The SMILES string of the molecule is O=C(Cc1ccccc1)c1cccc(C(=O)Nc2ccccc2)c1. The van der Waals surface area contributed by atoms with E-state index in [1.54, 1.807) is 24.3 Å². The van der Waals surface area contributed by atoms with E-state index in [9.17, 15) is 9.59 Å². The lowest BCUT2D eigenvalue weighted by Gasteiger charge is -2.07. The number of nitrogens with one attached hydrogen (secondary N) is 1. The van der Waals surface area contributed by atoms with Gasteiger partial charge in [-0.1, -0.05) is 60.7 Å². The topological polar surface area (TPSA) is 46.2 Å². The number of carbonyl (C=O) groups excluding carboxylic acids is 2. The monoisotopic (exact) mass is 315 g/mol. The number of para-hydroxylation sites is 1. The summed E-state index contributed by atoms with van der Waals surface area (Å²) in [6.45, 7) is 0. The van der Waals surface area contributed by atoms with E-state index in [0.717, 1.165) is 11.3 Å². The van der Waals surface area contributed by atoms with Crippen LogP contribution in [0.15, 0.2) is 84.9 Å². The molecule has 3 heteroatoms. The van der Waals surface area contributed by atoms with Gasteiger partial charge in [-0.15, -0.1) is 0 Å². The minimum Gasteiger partial charge on any atom is -0.322 e. The number of anilines is 1. The third-order valence-corrected chi connectivity index (χ3v) is 3.69. The van der Waals surface area contributed by atoms with E-state index in [4.69, 9.17) is 0 Å². The number of benzene rings is 3. The van der Waals surface area contributed by atoms with Crippen molar-refractivity contribution in [3.8, 4) is 0 Å². The molecule has 0 radical (unpaired) electrons. The molecule has 3 aromatic rings. The third kappa shape index (κ3) is 3.96. The number of ketones is 1. The van der Waals surface area contributed by atoms with Gasteiger partial charge in [0.25, 0.3) is 5.91 Å². The van der Waals surface area contributed by atoms with Crippen molar-refractivity contribution >= 4 is 17.4 Å². The maximum Gasteiger partial charge on any atom is 0.255 e. The number of rotatable bonds is 5. The molecule has 3 aromatic carbocycles. The molecule has 0 saturated heterocycles. The zero-order chi connectivity index (χ0) is 16.8. The number of hydrogen-bond acceptors (Lipinski definition) is 2. The molecule has 0 atom stereocenters. The van der Waals surface area contributed by atoms with Crippen LogP contribution in [0.3, 0.4) is 0 Å². The largest absolute Gasteiger partial charge is 0.322 e. The molecule has 0 heterocycles.